The van der Waals surface area contributed by atoms with Gasteiger partial charge in [0.25, 0.3) is 0 Å². The fourth-order valence-electron chi connectivity index (χ4n) is 3.75. The van der Waals surface area contributed by atoms with Crippen LogP contribution in [0.25, 0.3) is 0 Å². The number of carbonyl (C=O) groups excluding carboxylic acids is 1. The Kier molecular flexibility index (Phi) is 4.92. The highest BCUT2D eigenvalue weighted by Crippen LogP contribution is 2.33. The summed E-state index contributed by atoms with van der Waals surface area (Å²) in [5.74, 6) is 1.69. The molecule has 1 saturated heterocycles. The molecular weight excluding hydrogens is 344 g/mol. The van der Waals surface area contributed by atoms with Crippen molar-refractivity contribution >= 4 is 11.6 Å². The zero-order valence-electron chi connectivity index (χ0n) is 15.9. The molecule has 27 heavy (non-hydrogen) atoms. The summed E-state index contributed by atoms with van der Waals surface area (Å²) in [6.45, 7) is 6.90. The Morgan fingerprint density at radius 2 is 2.04 bits per heavy atom. The van der Waals surface area contributed by atoms with E-state index in [2.05, 4.69) is 10.4 Å². The number of nitrogens with one attached hydrogen (secondary N) is 1. The molecule has 0 saturated carbocycles. The molecule has 2 aromatic rings. The Balaban J connectivity index is 1.37. The van der Waals surface area contributed by atoms with Crippen LogP contribution in [0.4, 0.5) is 5.69 Å². The van der Waals surface area contributed by atoms with Crippen LogP contribution in [0.1, 0.15) is 24.2 Å². The second-order valence-corrected chi connectivity index (χ2v) is 7.27. The van der Waals surface area contributed by atoms with Gasteiger partial charge < -0.3 is 19.7 Å². The van der Waals surface area contributed by atoms with E-state index in [9.17, 15) is 4.79 Å². The Morgan fingerprint density at radius 1 is 1.22 bits per heavy atom. The summed E-state index contributed by atoms with van der Waals surface area (Å²) >= 11 is 0. The number of benzene rings is 1. The molecule has 2 aliphatic heterocycles. The van der Waals surface area contributed by atoms with Gasteiger partial charge in [0.05, 0.1) is 5.69 Å². The van der Waals surface area contributed by atoms with Crippen molar-refractivity contribution in [2.45, 2.75) is 39.3 Å². The first kappa shape index (κ1) is 17.7. The summed E-state index contributed by atoms with van der Waals surface area (Å²) in [5.41, 5.74) is 2.96. The van der Waals surface area contributed by atoms with E-state index in [1.807, 2.05) is 43.0 Å². The lowest BCUT2D eigenvalue weighted by molar-refractivity contribution is -0.133. The van der Waals surface area contributed by atoms with Crippen LogP contribution in [-0.2, 0) is 11.3 Å². The van der Waals surface area contributed by atoms with E-state index in [4.69, 9.17) is 9.47 Å². The molecule has 1 unspecified atom stereocenters. The number of nitrogens with zero attached hydrogens (tertiary/aromatic N) is 3. The molecule has 1 amide bonds. The monoisotopic (exact) mass is 370 g/mol. The van der Waals surface area contributed by atoms with Crippen LogP contribution in [0.2, 0.25) is 0 Å². The van der Waals surface area contributed by atoms with Gasteiger partial charge in [-0.1, -0.05) is 0 Å². The highest BCUT2D eigenvalue weighted by molar-refractivity contribution is 5.76. The molecule has 2 aliphatic rings. The number of hydrogen-bond donors (Lipinski definition) is 1. The van der Waals surface area contributed by atoms with Gasteiger partial charge in [0.15, 0.2) is 11.5 Å². The van der Waals surface area contributed by atoms with Gasteiger partial charge in [-0.3, -0.25) is 9.48 Å². The molecule has 7 heteroatoms. The predicted molar refractivity (Wildman–Crippen MR) is 102 cm³/mol. The van der Waals surface area contributed by atoms with Gasteiger partial charge >= 0.3 is 0 Å². The molecule has 0 aliphatic carbocycles. The molecular formula is C20H26N4O3. The smallest absolute Gasteiger partial charge is 0.244 e. The normalized spacial score (nSPS) is 19.0. The van der Waals surface area contributed by atoms with Crippen molar-refractivity contribution < 1.29 is 14.3 Å². The topological polar surface area (TPSA) is 68.6 Å². The molecule has 3 heterocycles. The molecule has 0 radical (unpaired) electrons. The number of piperidine rings is 1. The predicted octanol–water partition coefficient (Wildman–Crippen LogP) is 2.37. The first-order valence-corrected chi connectivity index (χ1v) is 9.53. The van der Waals surface area contributed by atoms with Crippen LogP contribution in [0.15, 0.2) is 24.3 Å². The molecule has 144 valence electrons. The molecule has 1 aromatic carbocycles. The number of amides is 1. The molecule has 1 aromatic heterocycles. The van der Waals surface area contributed by atoms with Crippen LogP contribution in [-0.4, -0.2) is 52.9 Å². The minimum absolute atomic E-state index is 0.120. The number of anilines is 1. The first-order chi connectivity index (χ1) is 13.1. The van der Waals surface area contributed by atoms with Gasteiger partial charge in [-0.05, 0) is 44.9 Å². The van der Waals surface area contributed by atoms with Crippen LogP contribution in [0, 0.1) is 13.8 Å². The second-order valence-electron chi connectivity index (χ2n) is 7.27. The van der Waals surface area contributed by atoms with E-state index in [-0.39, 0.29) is 11.9 Å². The number of aryl methyl sites for hydroxylation is 2. The number of ether oxygens (including phenoxy) is 2. The maximum atomic E-state index is 12.7. The number of aromatic nitrogens is 2. The Bertz CT molecular complexity index is 833. The highest BCUT2D eigenvalue weighted by atomic mass is 16.6. The van der Waals surface area contributed by atoms with E-state index in [1.54, 1.807) is 4.68 Å². The van der Waals surface area contributed by atoms with Crippen molar-refractivity contribution in [2.24, 2.45) is 0 Å². The van der Waals surface area contributed by atoms with Gasteiger partial charge in [0, 0.05) is 36.6 Å². The number of likely N-dealkylation sites (tertiary alicyclic amines) is 1. The fourth-order valence-corrected chi connectivity index (χ4v) is 3.75. The fraction of sp³-hybridized carbons (Fsp3) is 0.500. The van der Waals surface area contributed by atoms with E-state index in [0.29, 0.717) is 26.3 Å². The number of rotatable bonds is 4. The third-order valence-electron chi connectivity index (χ3n) is 5.08. The summed E-state index contributed by atoms with van der Waals surface area (Å²) in [4.78, 5) is 14.7. The van der Waals surface area contributed by atoms with Gasteiger partial charge in [0.2, 0.25) is 5.91 Å². The quantitative estimate of drug-likeness (QED) is 0.895. The van der Waals surface area contributed by atoms with Crippen LogP contribution in [0.5, 0.6) is 11.5 Å². The molecule has 0 bridgehead atoms. The average molecular weight is 370 g/mol. The van der Waals surface area contributed by atoms with E-state index in [0.717, 1.165) is 48.0 Å². The third kappa shape index (κ3) is 4.02. The van der Waals surface area contributed by atoms with Gasteiger partial charge in [-0.25, -0.2) is 0 Å². The van der Waals surface area contributed by atoms with E-state index >= 15 is 0 Å². The zero-order chi connectivity index (χ0) is 18.8. The van der Waals surface area contributed by atoms with Crippen molar-refractivity contribution in [2.75, 3.05) is 31.6 Å². The highest BCUT2D eigenvalue weighted by Gasteiger charge is 2.24. The number of hydrogen-bond acceptors (Lipinski definition) is 5. The van der Waals surface area contributed by atoms with Crippen LogP contribution < -0.4 is 14.8 Å². The largest absolute Gasteiger partial charge is 0.486 e. The van der Waals surface area contributed by atoms with Crippen molar-refractivity contribution in [3.63, 3.8) is 0 Å². The summed E-state index contributed by atoms with van der Waals surface area (Å²) < 4.78 is 13.0. The average Bonchev–Trinajstić information content (AvgIpc) is 2.98. The van der Waals surface area contributed by atoms with Crippen LogP contribution in [0.3, 0.4) is 0 Å². The summed E-state index contributed by atoms with van der Waals surface area (Å²) in [5, 5.41) is 7.94. The Hall–Kier alpha value is -2.70. The molecule has 0 spiro atoms. The molecule has 1 N–H and O–H groups in total. The molecule has 7 nitrogen and oxygen atoms in total. The maximum Gasteiger partial charge on any atom is 0.244 e. The Morgan fingerprint density at radius 3 is 2.81 bits per heavy atom. The number of fused-ring (bicyclic) bond motifs is 1. The second kappa shape index (κ2) is 7.50. The zero-order valence-corrected chi connectivity index (χ0v) is 15.9. The van der Waals surface area contributed by atoms with Crippen molar-refractivity contribution in [1.82, 2.24) is 14.7 Å². The van der Waals surface area contributed by atoms with Crippen molar-refractivity contribution in [3.05, 3.63) is 35.7 Å². The lowest BCUT2D eigenvalue weighted by Crippen LogP contribution is -2.46. The van der Waals surface area contributed by atoms with Gasteiger partial charge in [0.1, 0.15) is 19.8 Å². The molecule has 1 atom stereocenters. The molecule has 4 rings (SSSR count). The molecule has 1 fully saturated rings. The summed E-state index contributed by atoms with van der Waals surface area (Å²) in [6, 6.07) is 8.14. The minimum atomic E-state index is 0.120. The van der Waals surface area contributed by atoms with Crippen molar-refractivity contribution in [1.29, 1.82) is 0 Å². The van der Waals surface area contributed by atoms with E-state index < -0.39 is 0 Å². The number of carbonyl (C=O) groups is 1. The van der Waals surface area contributed by atoms with Crippen molar-refractivity contribution in [3.8, 4) is 11.5 Å². The minimum Gasteiger partial charge on any atom is -0.486 e. The SMILES string of the molecule is Cc1cc(C)n(CC(=O)N2CCCC(Nc3ccc4c(c3)OCCO4)C2)n1. The lowest BCUT2D eigenvalue weighted by atomic mass is 10.0. The first-order valence-electron chi connectivity index (χ1n) is 9.53. The summed E-state index contributed by atoms with van der Waals surface area (Å²) in [6.07, 6.45) is 2.03. The Labute approximate surface area is 159 Å². The maximum absolute atomic E-state index is 12.7. The van der Waals surface area contributed by atoms with E-state index in [1.165, 1.54) is 0 Å². The van der Waals surface area contributed by atoms with Crippen LogP contribution >= 0.6 is 0 Å². The summed E-state index contributed by atoms with van der Waals surface area (Å²) in [7, 11) is 0. The van der Waals surface area contributed by atoms with Gasteiger partial charge in [-0.2, -0.15) is 5.10 Å². The standard InChI is InChI=1S/C20H26N4O3/c1-14-10-15(2)24(22-14)13-20(25)23-7-3-4-17(12-23)21-16-5-6-18-19(11-16)27-9-8-26-18/h5-6,10-11,17,21H,3-4,7-9,12-13H2,1-2H3. The third-order valence-corrected chi connectivity index (χ3v) is 5.08. The lowest BCUT2D eigenvalue weighted by Gasteiger charge is -2.34. The van der Waals surface area contributed by atoms with Gasteiger partial charge in [-0.15, -0.1) is 0 Å².